The topological polar surface area (TPSA) is 97.6 Å². The molecule has 152 valence electrons. The van der Waals surface area contributed by atoms with Crippen molar-refractivity contribution in [3.63, 3.8) is 0 Å². The average Bonchev–Trinajstić information content (AvgIpc) is 3.44. The molecule has 0 aromatic rings. The molecule has 2 amide bonds. The van der Waals surface area contributed by atoms with Crippen molar-refractivity contribution in [3.8, 4) is 6.07 Å². The van der Waals surface area contributed by atoms with Crippen LogP contribution in [0.1, 0.15) is 44.9 Å². The van der Waals surface area contributed by atoms with Gasteiger partial charge in [0.1, 0.15) is 11.7 Å². The van der Waals surface area contributed by atoms with Crippen LogP contribution in [0, 0.1) is 29.1 Å². The van der Waals surface area contributed by atoms with Crippen LogP contribution in [-0.4, -0.2) is 47.7 Å². The predicted molar refractivity (Wildman–Crippen MR) is 107 cm³/mol. The van der Waals surface area contributed by atoms with Crippen LogP contribution in [0.5, 0.6) is 0 Å². The average molecular weight is 393 g/mol. The first kappa shape index (κ1) is 18.4. The van der Waals surface area contributed by atoms with E-state index in [0.717, 1.165) is 44.9 Å². The van der Waals surface area contributed by atoms with Crippen LogP contribution in [0.15, 0.2) is 28.4 Å². The number of hydrogen-bond acceptors (Lipinski definition) is 5. The van der Waals surface area contributed by atoms with Gasteiger partial charge < -0.3 is 15.5 Å². The van der Waals surface area contributed by atoms with E-state index in [0.29, 0.717) is 13.1 Å². The van der Waals surface area contributed by atoms with E-state index in [1.54, 1.807) is 0 Å². The fourth-order valence-corrected chi connectivity index (χ4v) is 5.26. The van der Waals surface area contributed by atoms with Crippen LogP contribution < -0.4 is 10.6 Å². The van der Waals surface area contributed by atoms with Crippen molar-refractivity contribution in [2.45, 2.75) is 56.7 Å². The monoisotopic (exact) mass is 393 g/mol. The van der Waals surface area contributed by atoms with Crippen molar-refractivity contribution >= 4 is 18.0 Å². The summed E-state index contributed by atoms with van der Waals surface area (Å²) in [5.41, 5.74) is 1.82. The molecule has 0 spiro atoms. The summed E-state index contributed by atoms with van der Waals surface area (Å²) in [4.78, 5) is 32.8. The maximum atomic E-state index is 13.5. The molecular formula is C22H27N5O2. The number of allylic oxidation sites excluding steroid dienone is 1. The van der Waals surface area contributed by atoms with Gasteiger partial charge in [0.2, 0.25) is 11.8 Å². The normalized spacial score (nSPS) is 34.0. The minimum Gasteiger partial charge on any atom is -0.366 e. The van der Waals surface area contributed by atoms with Gasteiger partial charge in [-0.2, -0.15) is 5.26 Å². The van der Waals surface area contributed by atoms with Gasteiger partial charge in [-0.3, -0.25) is 14.6 Å². The summed E-state index contributed by atoms with van der Waals surface area (Å²) in [6, 6.07) is 2.22. The number of aliphatic imine (C=N–C) groups is 1. The fraction of sp³-hybridized carbons (Fsp3) is 0.636. The third kappa shape index (κ3) is 3.25. The molecule has 0 radical (unpaired) electrons. The fourth-order valence-electron chi connectivity index (χ4n) is 5.26. The molecule has 0 aromatic carbocycles. The molecule has 3 aliphatic heterocycles. The highest BCUT2D eigenvalue weighted by Gasteiger charge is 2.48. The summed E-state index contributed by atoms with van der Waals surface area (Å²) in [5.74, 6) is -0.367. The lowest BCUT2D eigenvalue weighted by Gasteiger charge is -2.36. The molecule has 2 unspecified atom stereocenters. The van der Waals surface area contributed by atoms with Crippen molar-refractivity contribution in [1.29, 1.82) is 5.26 Å². The molecule has 5 rings (SSSR count). The van der Waals surface area contributed by atoms with E-state index in [1.807, 2.05) is 17.2 Å². The third-order valence-corrected chi connectivity index (χ3v) is 7.15. The Balaban J connectivity index is 1.29. The Bertz CT molecular complexity index is 863. The second kappa shape index (κ2) is 7.01. The van der Waals surface area contributed by atoms with Gasteiger partial charge >= 0.3 is 0 Å². The molecule has 0 aromatic heterocycles. The molecule has 7 nitrogen and oxygen atoms in total. The van der Waals surface area contributed by atoms with Gasteiger partial charge in [-0.1, -0.05) is 18.9 Å². The first-order chi connectivity index (χ1) is 14.1. The molecule has 2 fully saturated rings. The van der Waals surface area contributed by atoms with Crippen molar-refractivity contribution < 1.29 is 9.59 Å². The van der Waals surface area contributed by atoms with Crippen molar-refractivity contribution in [2.75, 3.05) is 13.1 Å². The Morgan fingerprint density at radius 3 is 2.83 bits per heavy atom. The molecule has 4 atom stereocenters. The maximum absolute atomic E-state index is 13.5. The summed E-state index contributed by atoms with van der Waals surface area (Å²) >= 11 is 0. The molecule has 5 aliphatic rings. The highest BCUT2D eigenvalue weighted by molar-refractivity contribution is 5.89. The second-order valence-corrected chi connectivity index (χ2v) is 8.99. The van der Waals surface area contributed by atoms with Crippen LogP contribution in [0.2, 0.25) is 0 Å². The third-order valence-electron chi connectivity index (χ3n) is 7.15. The van der Waals surface area contributed by atoms with E-state index in [4.69, 9.17) is 0 Å². The number of nitriles is 1. The summed E-state index contributed by atoms with van der Waals surface area (Å²) in [5, 5.41) is 15.7. The molecule has 0 saturated heterocycles. The smallest absolute Gasteiger partial charge is 0.226 e. The van der Waals surface area contributed by atoms with Gasteiger partial charge in [0.05, 0.1) is 6.07 Å². The van der Waals surface area contributed by atoms with E-state index in [1.165, 1.54) is 11.3 Å². The molecular weight excluding hydrogens is 366 g/mol. The van der Waals surface area contributed by atoms with Gasteiger partial charge in [-0.05, 0) is 37.3 Å². The van der Waals surface area contributed by atoms with Crippen LogP contribution >= 0.6 is 0 Å². The highest BCUT2D eigenvalue weighted by atomic mass is 16.2. The minimum atomic E-state index is -0.675. The predicted octanol–water partition coefficient (Wildman–Crippen LogP) is 1.64. The number of nitrogens with one attached hydrogen (secondary N) is 2. The number of nitrogens with zero attached hydrogens (tertiary/aromatic N) is 3. The van der Waals surface area contributed by atoms with Gasteiger partial charge in [0, 0.05) is 49.2 Å². The molecule has 7 heteroatoms. The number of rotatable bonds is 3. The Labute approximate surface area is 170 Å². The first-order valence-corrected chi connectivity index (χ1v) is 10.8. The summed E-state index contributed by atoms with van der Waals surface area (Å²) in [7, 11) is 0. The van der Waals surface area contributed by atoms with E-state index in [2.05, 4.69) is 27.8 Å². The standard InChI is InChI=1S/C22H27N5O2/c23-13-22(8-9-22)26-20(28)15-4-1-2-5-16(15)21(29)27-11-7-18-17(12-27)14-6-3-10-24-19(14)25-18/h3,6,10,14-16,19,25H,1-2,4-5,7-9,11-12H2,(H,26,28)/t14?,15-,16-,19?/m1/s1. The van der Waals surface area contributed by atoms with E-state index in [-0.39, 0.29) is 35.7 Å². The zero-order chi connectivity index (χ0) is 20.0. The zero-order valence-corrected chi connectivity index (χ0v) is 16.6. The Morgan fingerprint density at radius 1 is 1.28 bits per heavy atom. The molecule has 0 bridgehead atoms. The first-order valence-electron chi connectivity index (χ1n) is 10.8. The van der Waals surface area contributed by atoms with Crippen LogP contribution in [0.3, 0.4) is 0 Å². The lowest BCUT2D eigenvalue weighted by Crippen LogP contribution is -2.49. The van der Waals surface area contributed by atoms with Crippen LogP contribution in [-0.2, 0) is 9.59 Å². The van der Waals surface area contributed by atoms with Gasteiger partial charge in [0.15, 0.2) is 0 Å². The number of carbonyl (C=O) groups excluding carboxylic acids is 2. The van der Waals surface area contributed by atoms with Crippen molar-refractivity contribution in [1.82, 2.24) is 15.5 Å². The molecule has 2 aliphatic carbocycles. The summed E-state index contributed by atoms with van der Waals surface area (Å²) < 4.78 is 0. The maximum Gasteiger partial charge on any atom is 0.226 e. The minimum absolute atomic E-state index is 0.0639. The highest BCUT2D eigenvalue weighted by Crippen LogP contribution is 2.39. The van der Waals surface area contributed by atoms with Gasteiger partial charge in [0.25, 0.3) is 0 Å². The van der Waals surface area contributed by atoms with Crippen LogP contribution in [0.25, 0.3) is 0 Å². The van der Waals surface area contributed by atoms with E-state index >= 15 is 0 Å². The van der Waals surface area contributed by atoms with Crippen molar-refractivity contribution in [2.24, 2.45) is 22.7 Å². The zero-order valence-electron chi connectivity index (χ0n) is 16.6. The molecule has 2 saturated carbocycles. The quantitative estimate of drug-likeness (QED) is 0.762. The largest absolute Gasteiger partial charge is 0.366 e. The van der Waals surface area contributed by atoms with Gasteiger partial charge in [-0.15, -0.1) is 0 Å². The lowest BCUT2D eigenvalue weighted by molar-refractivity contribution is -0.143. The number of fused-ring (bicyclic) bond motifs is 2. The van der Waals surface area contributed by atoms with Gasteiger partial charge in [-0.25, -0.2) is 0 Å². The molecule has 2 N–H and O–H groups in total. The Morgan fingerprint density at radius 2 is 2.07 bits per heavy atom. The number of amides is 2. The van der Waals surface area contributed by atoms with E-state index < -0.39 is 5.54 Å². The lowest BCUT2D eigenvalue weighted by atomic mass is 9.77. The summed E-state index contributed by atoms with van der Waals surface area (Å²) in [6.07, 6.45) is 11.7. The number of hydrogen-bond donors (Lipinski definition) is 2. The second-order valence-electron chi connectivity index (χ2n) is 8.99. The van der Waals surface area contributed by atoms with Crippen molar-refractivity contribution in [3.05, 3.63) is 23.4 Å². The molecule has 29 heavy (non-hydrogen) atoms. The van der Waals surface area contributed by atoms with Crippen LogP contribution in [0.4, 0.5) is 0 Å². The summed E-state index contributed by atoms with van der Waals surface area (Å²) in [6.45, 7) is 1.31. The van der Waals surface area contributed by atoms with E-state index in [9.17, 15) is 14.9 Å². The number of dihydropyridines is 1. The molecule has 3 heterocycles. The SMILES string of the molecule is N#CC1(NC(=O)[C@@H]2CCCC[C@H]2C(=O)N2CCC3=C(C2)C2C=CC=NC2N3)CC1. The Kier molecular flexibility index (Phi) is 4.45. The number of carbonyl (C=O) groups is 2. The Hall–Kier alpha value is -2.62.